The number of nitrogens with zero attached hydrogens (tertiary/aromatic N) is 1. The van der Waals surface area contributed by atoms with Gasteiger partial charge in [-0.25, -0.2) is 0 Å². The second-order valence-electron chi connectivity index (χ2n) is 23.2. The number of fused-ring (bicyclic) bond motifs is 13. The van der Waals surface area contributed by atoms with Crippen molar-refractivity contribution < 1.29 is 0 Å². The van der Waals surface area contributed by atoms with Crippen LogP contribution in [-0.4, -0.2) is 6.71 Å². The Labute approximate surface area is 374 Å². The van der Waals surface area contributed by atoms with Crippen molar-refractivity contribution in [1.82, 2.24) is 0 Å². The SMILES string of the molecule is CC1(C)CCC(C)(C)c2c(N3c4cc(-c5ccc6sc7ccccc7c6c5)cc5c4B(c4sc6c(c4-5)C(C)(C)CCC6(C)C)c4sc5c(c43)C(C)(C)CCC5(C)C)csc21. The van der Waals surface area contributed by atoms with Crippen LogP contribution in [-0.2, 0) is 32.5 Å². The number of rotatable bonds is 2. The van der Waals surface area contributed by atoms with E-state index in [1.807, 2.05) is 22.7 Å². The summed E-state index contributed by atoms with van der Waals surface area (Å²) in [5.41, 5.74) is 17.4. The lowest BCUT2D eigenvalue weighted by atomic mass is 9.42. The Morgan fingerprint density at radius 2 is 1.08 bits per heavy atom. The van der Waals surface area contributed by atoms with E-state index in [0.29, 0.717) is 0 Å². The standard InChI is InChI=1S/C54H58BNS4/c1-49(2)19-22-52(7,8)44-39(49)35(28-57-44)56-34-27-30(29-17-18-37-32(25-29)31-15-13-14-16-36(31)58-37)26-33-38-40-45(53(9,10)23-20-50(40,3)4)59-47(38)55(42(33)34)48-43(56)41-46(60-48)54(11,12)24-21-51(41,5)6/h13-18,25-28H,19-24H2,1-12H3. The van der Waals surface area contributed by atoms with Gasteiger partial charge in [-0.2, -0.15) is 22.7 Å². The molecule has 0 unspecified atom stereocenters. The number of hydrogen-bond donors (Lipinski definition) is 0. The Balaban J connectivity index is 1.24. The molecule has 7 aromatic rings. The van der Waals surface area contributed by atoms with E-state index in [0.717, 1.165) is 0 Å². The van der Waals surface area contributed by atoms with Crippen LogP contribution in [0.5, 0.6) is 0 Å². The summed E-state index contributed by atoms with van der Waals surface area (Å²) >= 11 is 8.35. The first-order valence-electron chi connectivity index (χ1n) is 22.6. The molecule has 0 bridgehead atoms. The molecule has 0 fully saturated rings. The Hall–Kier alpha value is -3.16. The second-order valence-corrected chi connectivity index (χ2v) is 27.3. The summed E-state index contributed by atoms with van der Waals surface area (Å²) < 4.78 is 5.97. The zero-order valence-corrected chi connectivity index (χ0v) is 40.9. The number of anilines is 3. The van der Waals surface area contributed by atoms with E-state index in [1.54, 1.807) is 51.9 Å². The molecule has 3 aromatic carbocycles. The molecule has 0 amide bonds. The second kappa shape index (κ2) is 11.9. The van der Waals surface area contributed by atoms with E-state index in [1.165, 1.54) is 92.4 Å². The Bertz CT molecular complexity index is 3020. The minimum atomic E-state index is 0.0706. The van der Waals surface area contributed by atoms with Crippen LogP contribution >= 0.6 is 45.3 Å². The quantitative estimate of drug-likeness (QED) is 0.157. The fraction of sp³-hybridized carbons (Fsp3) is 0.444. The predicted octanol–water partition coefficient (Wildman–Crippen LogP) is 15.2. The third kappa shape index (κ3) is 4.97. The Morgan fingerprint density at radius 1 is 0.500 bits per heavy atom. The van der Waals surface area contributed by atoms with Gasteiger partial charge in [0.2, 0.25) is 0 Å². The monoisotopic (exact) mass is 859 g/mol. The van der Waals surface area contributed by atoms with E-state index in [2.05, 4.69) is 171 Å². The summed E-state index contributed by atoms with van der Waals surface area (Å²) in [6, 6.07) is 21.6. The van der Waals surface area contributed by atoms with Gasteiger partial charge >= 0.3 is 0 Å². The van der Waals surface area contributed by atoms with Crippen molar-refractivity contribution in [3.8, 4) is 22.3 Å². The van der Waals surface area contributed by atoms with Gasteiger partial charge in [-0.3, -0.25) is 0 Å². The van der Waals surface area contributed by atoms with Gasteiger partial charge in [0, 0.05) is 50.6 Å². The first-order valence-corrected chi connectivity index (χ1v) is 25.9. The zero-order chi connectivity index (χ0) is 41.8. The van der Waals surface area contributed by atoms with E-state index in [-0.39, 0.29) is 39.2 Å². The molecule has 306 valence electrons. The van der Waals surface area contributed by atoms with Gasteiger partial charge in [0.1, 0.15) is 0 Å². The molecule has 0 N–H and O–H groups in total. The molecule has 0 atom stereocenters. The van der Waals surface area contributed by atoms with Crippen LogP contribution in [0.15, 0.2) is 60.0 Å². The van der Waals surface area contributed by atoms with Crippen molar-refractivity contribution >= 4 is 104 Å². The number of hydrogen-bond acceptors (Lipinski definition) is 5. The van der Waals surface area contributed by atoms with Gasteiger partial charge in [0.05, 0.1) is 11.4 Å². The van der Waals surface area contributed by atoms with E-state index >= 15 is 0 Å². The van der Waals surface area contributed by atoms with Crippen molar-refractivity contribution in [3.05, 3.63) is 91.3 Å². The van der Waals surface area contributed by atoms with Crippen LogP contribution in [0.1, 0.15) is 153 Å². The molecule has 2 aliphatic heterocycles. The van der Waals surface area contributed by atoms with Crippen molar-refractivity contribution in [2.75, 3.05) is 4.90 Å². The van der Waals surface area contributed by atoms with Crippen molar-refractivity contribution in [3.63, 3.8) is 0 Å². The van der Waals surface area contributed by atoms with E-state index in [9.17, 15) is 0 Å². The van der Waals surface area contributed by atoms with Crippen LogP contribution in [0, 0.1) is 0 Å². The molecule has 4 aromatic heterocycles. The van der Waals surface area contributed by atoms with Crippen LogP contribution < -0.4 is 19.9 Å². The molecule has 0 radical (unpaired) electrons. The van der Waals surface area contributed by atoms with Gasteiger partial charge < -0.3 is 4.90 Å². The highest BCUT2D eigenvalue weighted by atomic mass is 32.1. The third-order valence-electron chi connectivity index (χ3n) is 16.3. The zero-order valence-electron chi connectivity index (χ0n) is 37.7. The van der Waals surface area contributed by atoms with Crippen molar-refractivity contribution in [1.29, 1.82) is 0 Å². The van der Waals surface area contributed by atoms with Crippen molar-refractivity contribution in [2.24, 2.45) is 0 Å². The summed E-state index contributed by atoms with van der Waals surface area (Å²) in [6.45, 7) is 30.7. The normalized spacial score (nSPS) is 21.7. The van der Waals surface area contributed by atoms with Gasteiger partial charge in [-0.1, -0.05) is 107 Å². The van der Waals surface area contributed by atoms with Crippen LogP contribution in [0.2, 0.25) is 0 Å². The molecule has 0 saturated carbocycles. The lowest BCUT2D eigenvalue weighted by Crippen LogP contribution is -2.53. The molecule has 5 aliphatic rings. The molecule has 6 heteroatoms. The number of thiophene rings is 4. The molecule has 60 heavy (non-hydrogen) atoms. The summed E-state index contributed by atoms with van der Waals surface area (Å²) in [6.07, 6.45) is 7.36. The molecule has 6 heterocycles. The molecule has 0 spiro atoms. The molecule has 12 rings (SSSR count). The lowest BCUT2D eigenvalue weighted by Gasteiger charge is -2.45. The van der Waals surface area contributed by atoms with Crippen molar-refractivity contribution in [2.45, 2.75) is 154 Å². The maximum atomic E-state index is 2.89. The lowest BCUT2D eigenvalue weighted by molar-refractivity contribution is 0.338. The summed E-state index contributed by atoms with van der Waals surface area (Å²) in [4.78, 5) is 7.77. The maximum absolute atomic E-state index is 2.89. The van der Waals surface area contributed by atoms with E-state index in [4.69, 9.17) is 0 Å². The molecular formula is C54H58BNS4. The fourth-order valence-corrected chi connectivity index (χ4v) is 18.4. The third-order valence-corrected chi connectivity index (χ3v) is 22.0. The van der Waals surface area contributed by atoms with Gasteiger partial charge in [-0.15, -0.1) is 22.7 Å². The Kier molecular flexibility index (Phi) is 7.63. The number of benzene rings is 3. The maximum Gasteiger partial charge on any atom is 0.273 e. The highest BCUT2D eigenvalue weighted by Gasteiger charge is 2.55. The average molecular weight is 860 g/mol. The molecule has 3 aliphatic carbocycles. The smallest absolute Gasteiger partial charge is 0.273 e. The largest absolute Gasteiger partial charge is 0.309 e. The van der Waals surface area contributed by atoms with Gasteiger partial charge in [0.15, 0.2) is 0 Å². The average Bonchev–Trinajstić information content (AvgIpc) is 4.01. The highest BCUT2D eigenvalue weighted by Crippen LogP contribution is 2.61. The molecular weight excluding hydrogens is 802 g/mol. The fourth-order valence-electron chi connectivity index (χ4n) is 12.4. The van der Waals surface area contributed by atoms with Gasteiger partial charge in [0.25, 0.3) is 6.71 Å². The Morgan fingerprint density at radius 3 is 1.80 bits per heavy atom. The summed E-state index contributed by atoms with van der Waals surface area (Å²) in [7, 11) is 0. The summed E-state index contributed by atoms with van der Waals surface area (Å²) in [5.74, 6) is 0. The van der Waals surface area contributed by atoms with Crippen LogP contribution in [0.4, 0.5) is 17.1 Å². The van der Waals surface area contributed by atoms with E-state index < -0.39 is 0 Å². The van der Waals surface area contributed by atoms with Crippen LogP contribution in [0.3, 0.4) is 0 Å². The predicted molar refractivity (Wildman–Crippen MR) is 269 cm³/mol. The van der Waals surface area contributed by atoms with Gasteiger partial charge in [-0.05, 0) is 151 Å². The molecule has 1 nitrogen and oxygen atoms in total. The minimum Gasteiger partial charge on any atom is -0.309 e. The van der Waals surface area contributed by atoms with Crippen LogP contribution in [0.25, 0.3) is 42.4 Å². The highest BCUT2D eigenvalue weighted by molar-refractivity contribution is 7.37. The summed E-state index contributed by atoms with van der Waals surface area (Å²) in [5, 5.41) is 5.34. The topological polar surface area (TPSA) is 3.24 Å². The molecule has 0 saturated heterocycles. The first-order chi connectivity index (χ1) is 28.2. The first kappa shape index (κ1) is 38.5. The minimum absolute atomic E-state index is 0.0706.